The molecule has 7 heteroatoms. The van der Waals surface area contributed by atoms with Gasteiger partial charge < -0.3 is 4.90 Å². The van der Waals surface area contributed by atoms with Crippen LogP contribution < -0.4 is 0 Å². The lowest BCUT2D eigenvalue weighted by atomic mass is 9.87. The molecule has 0 bridgehead atoms. The topological polar surface area (TPSA) is 57.7 Å². The number of carbonyl (C=O) groups excluding carboxylic acids is 1. The first-order valence-electron chi connectivity index (χ1n) is 11.7. The second-order valence-corrected chi connectivity index (χ2v) is 12.7. The minimum atomic E-state index is -3.87. The zero-order valence-corrected chi connectivity index (χ0v) is 22.1. The molecule has 5 nitrogen and oxygen atoms in total. The van der Waals surface area contributed by atoms with Gasteiger partial charge in [0.2, 0.25) is 15.9 Å². The Morgan fingerprint density at radius 1 is 1.11 bits per heavy atom. The molecule has 1 aliphatic rings. The summed E-state index contributed by atoms with van der Waals surface area (Å²) < 4.78 is 28.3. The summed E-state index contributed by atoms with van der Waals surface area (Å²) in [6.07, 6.45) is 2.29. The number of fused-ring (bicyclic) bond motifs is 1. The predicted octanol–water partition coefficient (Wildman–Crippen LogP) is 5.40. The Bertz CT molecular complexity index is 1290. The third kappa shape index (κ3) is 5.27. The number of carbonyl (C=O) groups is 1. The van der Waals surface area contributed by atoms with E-state index in [1.165, 1.54) is 15.3 Å². The zero-order chi connectivity index (χ0) is 25.2. The van der Waals surface area contributed by atoms with Crippen LogP contribution in [0.5, 0.6) is 0 Å². The van der Waals surface area contributed by atoms with E-state index in [-0.39, 0.29) is 35.3 Å². The van der Waals surface area contributed by atoms with Crippen LogP contribution in [0.4, 0.5) is 0 Å². The van der Waals surface area contributed by atoms with Crippen LogP contribution in [-0.2, 0) is 26.7 Å². The standard InChI is InChI=1S/C28H32N2O3S2/c1-5-17-29(35(32,33)23-13-11-22(12-14-23)28(2,3)4)20-26(31)30-18-15-25-24(16-19-34-25)27(30)21-9-7-6-8-10-21/h5-14,16,19,27H,1,15,17-18,20H2,2-4H3. The van der Waals surface area contributed by atoms with Crippen molar-refractivity contribution in [3.05, 3.63) is 100 Å². The Morgan fingerprint density at radius 3 is 2.43 bits per heavy atom. The van der Waals surface area contributed by atoms with E-state index >= 15 is 0 Å². The van der Waals surface area contributed by atoms with Crippen LogP contribution in [0.3, 0.4) is 0 Å². The van der Waals surface area contributed by atoms with Crippen LogP contribution in [0.15, 0.2) is 83.6 Å². The quantitative estimate of drug-likeness (QED) is 0.402. The van der Waals surface area contributed by atoms with Crippen LogP contribution in [0.25, 0.3) is 0 Å². The Labute approximate surface area is 212 Å². The molecule has 1 unspecified atom stereocenters. The summed E-state index contributed by atoms with van der Waals surface area (Å²) >= 11 is 1.71. The molecule has 2 aromatic carbocycles. The molecule has 1 aliphatic heterocycles. The summed E-state index contributed by atoms with van der Waals surface area (Å²) in [6, 6.07) is 18.7. The van der Waals surface area contributed by atoms with Crippen LogP contribution in [0.1, 0.15) is 48.4 Å². The molecular formula is C28H32N2O3S2. The lowest BCUT2D eigenvalue weighted by Gasteiger charge is -2.37. The van der Waals surface area contributed by atoms with Gasteiger partial charge in [-0.15, -0.1) is 17.9 Å². The number of hydrogen-bond acceptors (Lipinski definition) is 4. The molecule has 1 aromatic heterocycles. The molecule has 35 heavy (non-hydrogen) atoms. The number of rotatable bonds is 7. The molecule has 2 heterocycles. The van der Waals surface area contributed by atoms with Gasteiger partial charge in [-0.25, -0.2) is 8.42 Å². The molecule has 0 saturated carbocycles. The molecule has 0 saturated heterocycles. The summed E-state index contributed by atoms with van der Waals surface area (Å²) in [5.74, 6) is -0.215. The number of benzene rings is 2. The highest BCUT2D eigenvalue weighted by Gasteiger charge is 2.35. The largest absolute Gasteiger partial charge is 0.330 e. The fourth-order valence-electron chi connectivity index (χ4n) is 4.49. The van der Waals surface area contributed by atoms with Gasteiger partial charge in [0.1, 0.15) is 0 Å². The normalized spacial score (nSPS) is 16.2. The average Bonchev–Trinajstić information content (AvgIpc) is 3.32. The second-order valence-electron chi connectivity index (χ2n) is 9.81. The van der Waals surface area contributed by atoms with Crippen molar-refractivity contribution in [2.24, 2.45) is 0 Å². The van der Waals surface area contributed by atoms with E-state index in [2.05, 4.69) is 38.8 Å². The van der Waals surface area contributed by atoms with Crippen LogP contribution in [0.2, 0.25) is 0 Å². The molecule has 184 valence electrons. The Kier molecular flexibility index (Phi) is 7.31. The molecule has 4 rings (SSSR count). The van der Waals surface area contributed by atoms with Crippen LogP contribution in [0, 0.1) is 0 Å². The fraction of sp³-hybridized carbons (Fsp3) is 0.321. The molecule has 1 amide bonds. The van der Waals surface area contributed by atoms with Gasteiger partial charge in [-0.1, -0.05) is 69.3 Å². The highest BCUT2D eigenvalue weighted by atomic mass is 32.2. The number of amides is 1. The van der Waals surface area contributed by atoms with E-state index < -0.39 is 10.0 Å². The van der Waals surface area contributed by atoms with Gasteiger partial charge in [-0.2, -0.15) is 4.31 Å². The lowest BCUT2D eigenvalue weighted by molar-refractivity contribution is -0.133. The van der Waals surface area contributed by atoms with Crippen molar-refractivity contribution < 1.29 is 13.2 Å². The monoisotopic (exact) mass is 508 g/mol. The summed E-state index contributed by atoms with van der Waals surface area (Å²) in [4.78, 5) is 16.9. The van der Waals surface area contributed by atoms with Gasteiger partial charge in [0, 0.05) is 18.0 Å². The predicted molar refractivity (Wildman–Crippen MR) is 142 cm³/mol. The number of thiophene rings is 1. The molecule has 0 aliphatic carbocycles. The minimum Gasteiger partial charge on any atom is -0.330 e. The van der Waals surface area contributed by atoms with Crippen molar-refractivity contribution in [3.8, 4) is 0 Å². The Morgan fingerprint density at radius 2 is 1.80 bits per heavy atom. The molecule has 3 aromatic rings. The highest BCUT2D eigenvalue weighted by Crippen LogP contribution is 2.38. The van der Waals surface area contributed by atoms with Crippen molar-refractivity contribution in [2.75, 3.05) is 19.6 Å². The highest BCUT2D eigenvalue weighted by molar-refractivity contribution is 7.89. The summed E-state index contributed by atoms with van der Waals surface area (Å²) in [6.45, 7) is 10.3. The van der Waals surface area contributed by atoms with Gasteiger partial charge in [-0.05, 0) is 52.1 Å². The summed E-state index contributed by atoms with van der Waals surface area (Å²) in [7, 11) is -3.87. The maximum absolute atomic E-state index is 13.7. The smallest absolute Gasteiger partial charge is 0.243 e. The first-order chi connectivity index (χ1) is 16.6. The van der Waals surface area contributed by atoms with Crippen molar-refractivity contribution in [1.29, 1.82) is 0 Å². The van der Waals surface area contributed by atoms with E-state index in [4.69, 9.17) is 0 Å². The van der Waals surface area contributed by atoms with E-state index in [9.17, 15) is 13.2 Å². The maximum Gasteiger partial charge on any atom is 0.243 e. The van der Waals surface area contributed by atoms with Gasteiger partial charge >= 0.3 is 0 Å². The van der Waals surface area contributed by atoms with E-state index in [0.717, 1.165) is 23.1 Å². The van der Waals surface area contributed by atoms with Gasteiger partial charge in [0.25, 0.3) is 0 Å². The van der Waals surface area contributed by atoms with Crippen molar-refractivity contribution in [2.45, 2.75) is 43.5 Å². The Hall–Kier alpha value is -2.74. The van der Waals surface area contributed by atoms with Gasteiger partial charge in [0.15, 0.2) is 0 Å². The van der Waals surface area contributed by atoms with Crippen molar-refractivity contribution in [1.82, 2.24) is 9.21 Å². The number of nitrogens with zero attached hydrogens (tertiary/aromatic N) is 2. The summed E-state index contributed by atoms with van der Waals surface area (Å²) in [5, 5.41) is 2.06. The Balaban J connectivity index is 1.62. The van der Waals surface area contributed by atoms with Gasteiger partial charge in [-0.3, -0.25) is 4.79 Å². The van der Waals surface area contributed by atoms with Crippen LogP contribution >= 0.6 is 11.3 Å². The zero-order valence-electron chi connectivity index (χ0n) is 20.5. The van der Waals surface area contributed by atoms with Crippen molar-refractivity contribution >= 4 is 27.3 Å². The first kappa shape index (κ1) is 25.4. The number of sulfonamides is 1. The molecule has 0 fully saturated rings. The van der Waals surface area contributed by atoms with Crippen LogP contribution in [-0.4, -0.2) is 43.2 Å². The third-order valence-electron chi connectivity index (χ3n) is 6.40. The lowest BCUT2D eigenvalue weighted by Crippen LogP contribution is -2.46. The van der Waals surface area contributed by atoms with E-state index in [1.54, 1.807) is 23.5 Å². The average molecular weight is 509 g/mol. The molecular weight excluding hydrogens is 476 g/mol. The third-order valence-corrected chi connectivity index (χ3v) is 9.23. The molecule has 0 spiro atoms. The molecule has 0 N–H and O–H groups in total. The number of hydrogen-bond donors (Lipinski definition) is 0. The van der Waals surface area contributed by atoms with Gasteiger partial charge in [0.05, 0.1) is 17.5 Å². The maximum atomic E-state index is 13.7. The molecule has 1 atom stereocenters. The first-order valence-corrected chi connectivity index (χ1v) is 14.1. The fourth-order valence-corrected chi connectivity index (χ4v) is 6.75. The minimum absolute atomic E-state index is 0.0582. The van der Waals surface area contributed by atoms with E-state index in [1.807, 2.05) is 47.4 Å². The summed E-state index contributed by atoms with van der Waals surface area (Å²) in [5.41, 5.74) is 3.11. The van der Waals surface area contributed by atoms with Crippen molar-refractivity contribution in [3.63, 3.8) is 0 Å². The molecule has 0 radical (unpaired) electrons. The SMILES string of the molecule is C=CCN(CC(=O)N1CCc2sccc2C1c1ccccc1)S(=O)(=O)c1ccc(C(C)(C)C)cc1. The second kappa shape index (κ2) is 10.1. The van der Waals surface area contributed by atoms with E-state index in [0.29, 0.717) is 6.54 Å².